The van der Waals surface area contributed by atoms with Crippen LogP contribution in [0.4, 0.5) is 0 Å². The van der Waals surface area contributed by atoms with E-state index in [0.717, 1.165) is 24.0 Å². The van der Waals surface area contributed by atoms with Gasteiger partial charge >= 0.3 is 13.1 Å². The number of esters is 1. The molecule has 6 heteroatoms. The molecule has 1 aliphatic rings. The predicted octanol–water partition coefficient (Wildman–Crippen LogP) is 1.19. The maximum absolute atomic E-state index is 11.7. The summed E-state index contributed by atoms with van der Waals surface area (Å²) in [4.78, 5) is 11.7. The normalized spacial score (nSPS) is 17.1. The second kappa shape index (κ2) is 6.28. The monoisotopic (exact) mass is 278 g/mol. The first-order chi connectivity index (χ1) is 9.52. The molecule has 2 rings (SSSR count). The van der Waals surface area contributed by atoms with E-state index in [-0.39, 0.29) is 18.1 Å². The molecule has 20 heavy (non-hydrogen) atoms. The molecule has 1 aliphatic heterocycles. The standard InChI is InChI=1S/C14H19BO5/c1-3-4-5-19-13(17)8-12-14-9(2)6-10(16)7-11(14)15(18)20-12/h6-7,12,16,18H,3-5,8H2,1-2H3. The Morgan fingerprint density at radius 3 is 2.95 bits per heavy atom. The molecular formula is C14H19BO5. The second-order valence-electron chi connectivity index (χ2n) is 5.02. The molecule has 5 nitrogen and oxygen atoms in total. The molecule has 0 radical (unpaired) electrons. The van der Waals surface area contributed by atoms with Gasteiger partial charge in [-0.05, 0) is 42.1 Å². The van der Waals surface area contributed by atoms with E-state index in [1.807, 2.05) is 13.8 Å². The minimum Gasteiger partial charge on any atom is -0.508 e. The van der Waals surface area contributed by atoms with Gasteiger partial charge in [-0.2, -0.15) is 0 Å². The Kier molecular flexibility index (Phi) is 4.67. The van der Waals surface area contributed by atoms with Crippen LogP contribution in [0.5, 0.6) is 5.75 Å². The highest BCUT2D eigenvalue weighted by Gasteiger charge is 2.37. The third kappa shape index (κ3) is 3.14. The first kappa shape index (κ1) is 14.9. The zero-order valence-electron chi connectivity index (χ0n) is 11.8. The number of phenolic OH excluding ortho intramolecular Hbond substituents is 1. The number of aryl methyl sites for hydroxylation is 1. The smallest absolute Gasteiger partial charge is 0.492 e. The Morgan fingerprint density at radius 2 is 2.25 bits per heavy atom. The van der Waals surface area contributed by atoms with Gasteiger partial charge in [0.15, 0.2) is 0 Å². The van der Waals surface area contributed by atoms with E-state index in [9.17, 15) is 14.9 Å². The molecule has 1 heterocycles. The maximum Gasteiger partial charge on any atom is 0.492 e. The van der Waals surface area contributed by atoms with E-state index in [0.29, 0.717) is 12.1 Å². The van der Waals surface area contributed by atoms with Crippen LogP contribution in [0.1, 0.15) is 43.4 Å². The minimum atomic E-state index is -1.11. The first-order valence-corrected chi connectivity index (χ1v) is 6.85. The van der Waals surface area contributed by atoms with E-state index in [2.05, 4.69) is 0 Å². The highest BCUT2D eigenvalue weighted by molar-refractivity contribution is 6.62. The molecule has 0 amide bonds. The van der Waals surface area contributed by atoms with Gasteiger partial charge in [-0.3, -0.25) is 4.79 Å². The fourth-order valence-corrected chi connectivity index (χ4v) is 2.44. The van der Waals surface area contributed by atoms with Crippen LogP contribution < -0.4 is 5.46 Å². The molecule has 1 aromatic carbocycles. The number of rotatable bonds is 5. The highest BCUT2D eigenvalue weighted by Crippen LogP contribution is 2.31. The Hall–Kier alpha value is -1.53. The lowest BCUT2D eigenvalue weighted by molar-refractivity contribution is -0.145. The molecule has 1 unspecified atom stereocenters. The van der Waals surface area contributed by atoms with E-state index in [1.54, 1.807) is 6.07 Å². The topological polar surface area (TPSA) is 76.0 Å². The van der Waals surface area contributed by atoms with Crippen LogP contribution in [-0.2, 0) is 14.2 Å². The molecule has 1 aromatic rings. The Labute approximate surface area is 118 Å². The number of aromatic hydroxyl groups is 1. The van der Waals surface area contributed by atoms with Crippen molar-refractivity contribution in [2.24, 2.45) is 0 Å². The number of ether oxygens (including phenoxy) is 1. The van der Waals surface area contributed by atoms with E-state index < -0.39 is 13.2 Å². The summed E-state index contributed by atoms with van der Waals surface area (Å²) >= 11 is 0. The van der Waals surface area contributed by atoms with E-state index in [4.69, 9.17) is 9.39 Å². The zero-order valence-corrected chi connectivity index (χ0v) is 11.8. The summed E-state index contributed by atoms with van der Waals surface area (Å²) in [6.07, 6.45) is 1.35. The quantitative estimate of drug-likeness (QED) is 0.480. The zero-order chi connectivity index (χ0) is 14.7. The van der Waals surface area contributed by atoms with Crippen LogP contribution in [0.25, 0.3) is 0 Å². The Balaban J connectivity index is 2.08. The fourth-order valence-electron chi connectivity index (χ4n) is 2.44. The molecule has 0 bridgehead atoms. The largest absolute Gasteiger partial charge is 0.508 e. The number of carbonyl (C=O) groups is 1. The third-order valence-corrected chi connectivity index (χ3v) is 3.40. The van der Waals surface area contributed by atoms with Crippen LogP contribution in [0, 0.1) is 6.92 Å². The summed E-state index contributed by atoms with van der Waals surface area (Å²) < 4.78 is 10.5. The summed E-state index contributed by atoms with van der Waals surface area (Å²) in [6, 6.07) is 3.06. The molecule has 0 saturated heterocycles. The number of fused-ring (bicyclic) bond motifs is 1. The van der Waals surface area contributed by atoms with Crippen molar-refractivity contribution in [2.75, 3.05) is 6.61 Å². The van der Waals surface area contributed by atoms with Gasteiger partial charge in [0.1, 0.15) is 5.75 Å². The molecule has 108 valence electrons. The van der Waals surface area contributed by atoms with Crippen LogP contribution in [0.3, 0.4) is 0 Å². The molecule has 0 aliphatic carbocycles. The van der Waals surface area contributed by atoms with E-state index >= 15 is 0 Å². The van der Waals surface area contributed by atoms with Crippen molar-refractivity contribution in [3.63, 3.8) is 0 Å². The fraction of sp³-hybridized carbons (Fsp3) is 0.500. The first-order valence-electron chi connectivity index (χ1n) is 6.85. The lowest BCUT2D eigenvalue weighted by Gasteiger charge is -2.14. The van der Waals surface area contributed by atoms with Crippen LogP contribution in [0.15, 0.2) is 12.1 Å². The van der Waals surface area contributed by atoms with Gasteiger partial charge in [-0.15, -0.1) is 0 Å². The minimum absolute atomic E-state index is 0.0688. The Morgan fingerprint density at radius 1 is 1.50 bits per heavy atom. The molecule has 1 atom stereocenters. The number of unbranched alkanes of at least 4 members (excludes halogenated alkanes) is 1. The average molecular weight is 278 g/mol. The van der Waals surface area contributed by atoms with Gasteiger partial charge < -0.3 is 19.5 Å². The summed E-state index contributed by atoms with van der Waals surface area (Å²) in [6.45, 7) is 4.25. The summed E-state index contributed by atoms with van der Waals surface area (Å²) in [5.41, 5.74) is 2.08. The number of hydrogen-bond acceptors (Lipinski definition) is 5. The lowest BCUT2D eigenvalue weighted by atomic mass is 9.77. The molecule has 0 fully saturated rings. The van der Waals surface area contributed by atoms with Gasteiger partial charge in [0, 0.05) is 0 Å². The lowest BCUT2D eigenvalue weighted by Crippen LogP contribution is -2.28. The van der Waals surface area contributed by atoms with Crippen molar-refractivity contribution in [3.05, 3.63) is 23.3 Å². The molecule has 2 N–H and O–H groups in total. The number of hydrogen-bond donors (Lipinski definition) is 2. The van der Waals surface area contributed by atoms with Crippen molar-refractivity contribution in [1.82, 2.24) is 0 Å². The number of phenols is 1. The summed E-state index contributed by atoms with van der Waals surface area (Å²) in [7, 11) is -1.11. The summed E-state index contributed by atoms with van der Waals surface area (Å²) in [5.74, 6) is -0.258. The molecule has 0 spiro atoms. The molecular weight excluding hydrogens is 259 g/mol. The van der Waals surface area contributed by atoms with Crippen molar-refractivity contribution >= 4 is 18.6 Å². The van der Waals surface area contributed by atoms with Gasteiger partial charge in [0.25, 0.3) is 0 Å². The van der Waals surface area contributed by atoms with Gasteiger partial charge in [-0.1, -0.05) is 13.3 Å². The van der Waals surface area contributed by atoms with Crippen molar-refractivity contribution in [3.8, 4) is 5.75 Å². The highest BCUT2D eigenvalue weighted by atomic mass is 16.5. The van der Waals surface area contributed by atoms with E-state index in [1.165, 1.54) is 6.07 Å². The average Bonchev–Trinajstić information content (AvgIpc) is 2.66. The van der Waals surface area contributed by atoms with Gasteiger partial charge in [0.05, 0.1) is 19.1 Å². The molecule has 0 saturated carbocycles. The van der Waals surface area contributed by atoms with Gasteiger partial charge in [0.2, 0.25) is 0 Å². The molecule has 0 aromatic heterocycles. The van der Waals surface area contributed by atoms with Crippen molar-refractivity contribution in [2.45, 2.75) is 39.2 Å². The summed E-state index contributed by atoms with van der Waals surface area (Å²) in [5, 5.41) is 19.4. The van der Waals surface area contributed by atoms with Crippen LogP contribution >= 0.6 is 0 Å². The number of benzene rings is 1. The van der Waals surface area contributed by atoms with Crippen molar-refractivity contribution in [1.29, 1.82) is 0 Å². The van der Waals surface area contributed by atoms with Crippen LogP contribution in [-0.4, -0.2) is 29.8 Å². The van der Waals surface area contributed by atoms with Gasteiger partial charge in [-0.25, -0.2) is 0 Å². The SMILES string of the molecule is CCCCOC(=O)CC1OB(O)c2cc(O)cc(C)c21. The van der Waals surface area contributed by atoms with Crippen molar-refractivity contribution < 1.29 is 24.3 Å². The van der Waals surface area contributed by atoms with Crippen LogP contribution in [0.2, 0.25) is 0 Å². The number of carbonyl (C=O) groups excluding carboxylic acids is 1. The predicted molar refractivity (Wildman–Crippen MR) is 74.8 cm³/mol. The third-order valence-electron chi connectivity index (χ3n) is 3.40. The second-order valence-corrected chi connectivity index (χ2v) is 5.02. The Bertz CT molecular complexity index is 503. The maximum atomic E-state index is 11.7.